The van der Waals surface area contributed by atoms with Crippen molar-refractivity contribution < 1.29 is 0 Å². The van der Waals surface area contributed by atoms with Crippen LogP contribution >= 0.6 is 23.4 Å². The number of hydrogen-bond donors (Lipinski definition) is 0. The van der Waals surface area contributed by atoms with Crippen LogP contribution in [0, 0.1) is 0 Å². The second-order valence-corrected chi connectivity index (χ2v) is 9.15. The fourth-order valence-corrected chi connectivity index (χ4v) is 5.37. The molecule has 0 saturated heterocycles. The molecule has 0 saturated carbocycles. The van der Waals surface area contributed by atoms with Gasteiger partial charge in [0, 0.05) is 20.5 Å². The number of anilines is 3. The molecule has 0 unspecified atom stereocenters. The van der Waals surface area contributed by atoms with Crippen molar-refractivity contribution in [2.24, 2.45) is 0 Å². The van der Waals surface area contributed by atoms with E-state index in [9.17, 15) is 0 Å². The summed E-state index contributed by atoms with van der Waals surface area (Å²) in [5.74, 6) is 0. The van der Waals surface area contributed by atoms with Crippen molar-refractivity contribution in [3.8, 4) is 11.1 Å². The summed E-state index contributed by atoms with van der Waals surface area (Å²) in [6.45, 7) is 0. The highest BCUT2D eigenvalue weighted by Gasteiger charge is 2.25. The van der Waals surface area contributed by atoms with Crippen molar-refractivity contribution >= 4 is 51.2 Å². The van der Waals surface area contributed by atoms with Gasteiger partial charge in [0.05, 0.1) is 11.4 Å². The third kappa shape index (κ3) is 3.29. The first-order chi connectivity index (χ1) is 15.3. The minimum Gasteiger partial charge on any atom is -0.308 e. The van der Waals surface area contributed by atoms with Gasteiger partial charge in [0.25, 0.3) is 0 Å². The summed E-state index contributed by atoms with van der Waals surface area (Å²) < 4.78 is 0. The Kier molecular flexibility index (Phi) is 4.48. The molecular formula is C28H18ClNS. The first-order valence-corrected chi connectivity index (χ1v) is 11.4. The van der Waals surface area contributed by atoms with Crippen LogP contribution in [0.3, 0.4) is 0 Å². The lowest BCUT2D eigenvalue weighted by Crippen LogP contribution is -2.14. The second kappa shape index (κ2) is 7.49. The van der Waals surface area contributed by atoms with Gasteiger partial charge in [0.15, 0.2) is 0 Å². The SMILES string of the molecule is Clc1ccc2c(c1)N(c1ccccc1)c1cc(-c3ccc4ccccc4c3)ccc1S2. The van der Waals surface area contributed by atoms with Crippen molar-refractivity contribution in [1.82, 2.24) is 0 Å². The first kappa shape index (κ1) is 18.6. The lowest BCUT2D eigenvalue weighted by molar-refractivity contribution is 1.17. The van der Waals surface area contributed by atoms with E-state index in [1.165, 1.54) is 37.4 Å². The molecule has 0 spiro atoms. The quantitative estimate of drug-likeness (QED) is 0.267. The number of nitrogens with zero attached hydrogens (tertiary/aromatic N) is 1. The van der Waals surface area contributed by atoms with E-state index in [1.54, 1.807) is 11.8 Å². The van der Waals surface area contributed by atoms with E-state index in [0.717, 1.165) is 16.4 Å². The monoisotopic (exact) mass is 435 g/mol. The number of halogens is 1. The molecule has 3 heteroatoms. The van der Waals surface area contributed by atoms with Crippen LogP contribution in [0.2, 0.25) is 5.02 Å². The Morgan fingerprint density at radius 1 is 0.548 bits per heavy atom. The molecule has 1 heterocycles. The van der Waals surface area contributed by atoms with Crippen molar-refractivity contribution in [2.75, 3.05) is 4.90 Å². The molecule has 5 aromatic carbocycles. The molecule has 0 atom stereocenters. The van der Waals surface area contributed by atoms with Gasteiger partial charge in [-0.15, -0.1) is 0 Å². The molecule has 31 heavy (non-hydrogen) atoms. The van der Waals surface area contributed by atoms with Gasteiger partial charge in [-0.05, 0) is 70.4 Å². The van der Waals surface area contributed by atoms with Gasteiger partial charge in [-0.3, -0.25) is 0 Å². The summed E-state index contributed by atoms with van der Waals surface area (Å²) in [7, 11) is 0. The summed E-state index contributed by atoms with van der Waals surface area (Å²) in [6, 6.07) is 38.5. The number of rotatable bonds is 2. The first-order valence-electron chi connectivity index (χ1n) is 10.2. The van der Waals surface area contributed by atoms with Crippen LogP contribution < -0.4 is 4.90 Å². The van der Waals surface area contributed by atoms with Crippen molar-refractivity contribution in [1.29, 1.82) is 0 Å². The van der Waals surface area contributed by atoms with E-state index < -0.39 is 0 Å². The molecule has 5 aromatic rings. The molecule has 1 aliphatic heterocycles. The second-order valence-electron chi connectivity index (χ2n) is 7.63. The number of benzene rings is 5. The van der Waals surface area contributed by atoms with Gasteiger partial charge in [-0.1, -0.05) is 84.0 Å². The third-order valence-electron chi connectivity index (χ3n) is 5.68. The smallest absolute Gasteiger partial charge is 0.0616 e. The molecule has 0 aromatic heterocycles. The van der Waals surface area contributed by atoms with Crippen molar-refractivity contribution in [3.05, 3.63) is 114 Å². The van der Waals surface area contributed by atoms with E-state index >= 15 is 0 Å². The molecule has 6 rings (SSSR count). The van der Waals surface area contributed by atoms with Gasteiger partial charge in [0.2, 0.25) is 0 Å². The number of hydrogen-bond acceptors (Lipinski definition) is 2. The lowest BCUT2D eigenvalue weighted by Gasteiger charge is -2.33. The van der Waals surface area contributed by atoms with Gasteiger partial charge >= 0.3 is 0 Å². The standard InChI is InChI=1S/C28H18ClNS/c29-23-13-15-28-26(18-23)30(24-8-2-1-3-9-24)25-17-22(12-14-27(25)31-28)21-11-10-19-6-4-5-7-20(19)16-21/h1-18H. The topological polar surface area (TPSA) is 3.24 Å². The fraction of sp³-hybridized carbons (Fsp3) is 0. The van der Waals surface area contributed by atoms with E-state index in [-0.39, 0.29) is 0 Å². The molecule has 0 amide bonds. The Labute approximate surface area is 190 Å². The maximum absolute atomic E-state index is 6.40. The Hall–Kier alpha value is -3.20. The molecule has 1 aliphatic rings. The normalized spacial score (nSPS) is 12.5. The van der Waals surface area contributed by atoms with Gasteiger partial charge in [-0.2, -0.15) is 0 Å². The molecule has 0 radical (unpaired) electrons. The zero-order chi connectivity index (χ0) is 20.8. The minimum absolute atomic E-state index is 0.745. The summed E-state index contributed by atoms with van der Waals surface area (Å²) in [5, 5.41) is 3.26. The van der Waals surface area contributed by atoms with Crippen LogP contribution in [0.25, 0.3) is 21.9 Å². The van der Waals surface area contributed by atoms with E-state index in [2.05, 4.69) is 102 Å². The van der Waals surface area contributed by atoms with E-state index in [0.29, 0.717) is 0 Å². The predicted molar refractivity (Wildman–Crippen MR) is 133 cm³/mol. The molecule has 148 valence electrons. The van der Waals surface area contributed by atoms with Gasteiger partial charge in [0.1, 0.15) is 0 Å². The van der Waals surface area contributed by atoms with Gasteiger partial charge in [-0.25, -0.2) is 0 Å². The van der Waals surface area contributed by atoms with Crippen molar-refractivity contribution in [3.63, 3.8) is 0 Å². The molecule has 0 N–H and O–H groups in total. The maximum atomic E-state index is 6.40. The highest BCUT2D eigenvalue weighted by atomic mass is 35.5. The summed E-state index contributed by atoms with van der Waals surface area (Å²) >= 11 is 8.20. The molecular weight excluding hydrogens is 418 g/mol. The van der Waals surface area contributed by atoms with Crippen LogP contribution in [0.5, 0.6) is 0 Å². The summed E-state index contributed by atoms with van der Waals surface area (Å²) in [5.41, 5.74) is 5.85. The Bertz CT molecular complexity index is 1430. The average Bonchev–Trinajstić information content (AvgIpc) is 2.82. The molecule has 1 nitrogen and oxygen atoms in total. The largest absolute Gasteiger partial charge is 0.308 e. The van der Waals surface area contributed by atoms with Gasteiger partial charge < -0.3 is 4.90 Å². The zero-order valence-electron chi connectivity index (χ0n) is 16.6. The van der Waals surface area contributed by atoms with Crippen LogP contribution in [-0.2, 0) is 0 Å². The minimum atomic E-state index is 0.745. The highest BCUT2D eigenvalue weighted by molar-refractivity contribution is 7.99. The average molecular weight is 436 g/mol. The summed E-state index contributed by atoms with van der Waals surface area (Å²) in [4.78, 5) is 4.76. The van der Waals surface area contributed by atoms with Crippen LogP contribution in [-0.4, -0.2) is 0 Å². The van der Waals surface area contributed by atoms with Crippen LogP contribution in [0.4, 0.5) is 17.1 Å². The molecule has 0 bridgehead atoms. The molecule has 0 fully saturated rings. The Morgan fingerprint density at radius 3 is 2.03 bits per heavy atom. The van der Waals surface area contributed by atoms with E-state index in [1.807, 2.05) is 12.1 Å². The Morgan fingerprint density at radius 2 is 1.19 bits per heavy atom. The van der Waals surface area contributed by atoms with Crippen LogP contribution in [0.1, 0.15) is 0 Å². The fourth-order valence-electron chi connectivity index (χ4n) is 4.18. The third-order valence-corrected chi connectivity index (χ3v) is 7.04. The summed E-state index contributed by atoms with van der Waals surface area (Å²) in [6.07, 6.45) is 0. The number of para-hydroxylation sites is 1. The maximum Gasteiger partial charge on any atom is 0.0616 e. The molecule has 0 aliphatic carbocycles. The van der Waals surface area contributed by atoms with Crippen molar-refractivity contribution in [2.45, 2.75) is 9.79 Å². The predicted octanol–water partition coefficient (Wildman–Crippen LogP) is 9.09. The highest BCUT2D eigenvalue weighted by Crippen LogP contribution is 2.52. The van der Waals surface area contributed by atoms with Crippen LogP contribution in [0.15, 0.2) is 119 Å². The van der Waals surface area contributed by atoms with E-state index in [4.69, 9.17) is 11.6 Å². The Balaban J connectivity index is 1.54. The lowest BCUT2D eigenvalue weighted by atomic mass is 10.0. The number of fused-ring (bicyclic) bond motifs is 3. The zero-order valence-corrected chi connectivity index (χ0v) is 18.2.